The lowest BCUT2D eigenvalue weighted by Gasteiger charge is -2.53. The molecule has 0 bridgehead atoms. The van der Waals surface area contributed by atoms with Crippen LogP contribution in [0.3, 0.4) is 0 Å². The molecule has 2 fully saturated rings. The van der Waals surface area contributed by atoms with Crippen molar-refractivity contribution in [2.75, 3.05) is 34.7 Å². The normalized spacial score (nSPS) is 39.3. The quantitative estimate of drug-likeness (QED) is 0.765. The molecule has 130 valence electrons. The summed E-state index contributed by atoms with van der Waals surface area (Å²) in [5, 5.41) is 10.1. The molecule has 0 aromatic rings. The van der Waals surface area contributed by atoms with Gasteiger partial charge in [-0.3, -0.25) is 0 Å². The predicted molar refractivity (Wildman–Crippen MR) is 77.4 cm³/mol. The standard InChI is InChI=1S/C15H28O7/c1-15(2)10(6-9(18-4)7-17-3)22-12-11(13(15)19-5)20-8-21-14(12)16/h9-14,16H,6-8H2,1-5H3/t9-,10-,11+,12+,13-,14?/m1/s1. The van der Waals surface area contributed by atoms with E-state index in [9.17, 15) is 5.11 Å². The minimum Gasteiger partial charge on any atom is -0.382 e. The van der Waals surface area contributed by atoms with E-state index in [1.54, 1.807) is 21.3 Å². The summed E-state index contributed by atoms with van der Waals surface area (Å²) in [7, 11) is 4.94. The largest absolute Gasteiger partial charge is 0.382 e. The van der Waals surface area contributed by atoms with Gasteiger partial charge < -0.3 is 33.5 Å². The van der Waals surface area contributed by atoms with Gasteiger partial charge in [0.05, 0.1) is 24.9 Å². The predicted octanol–water partition coefficient (Wildman–Crippen LogP) is 0.538. The van der Waals surface area contributed by atoms with E-state index in [-0.39, 0.29) is 36.6 Å². The van der Waals surface area contributed by atoms with Crippen LogP contribution in [0.25, 0.3) is 0 Å². The van der Waals surface area contributed by atoms with Gasteiger partial charge in [-0.25, -0.2) is 0 Å². The topological polar surface area (TPSA) is 75.6 Å². The zero-order valence-corrected chi connectivity index (χ0v) is 14.0. The highest BCUT2D eigenvalue weighted by Gasteiger charge is 2.55. The van der Waals surface area contributed by atoms with Crippen molar-refractivity contribution < 1.29 is 33.5 Å². The van der Waals surface area contributed by atoms with Crippen molar-refractivity contribution >= 4 is 0 Å². The summed E-state index contributed by atoms with van der Waals surface area (Å²) in [6.07, 6.45) is -1.80. The Kier molecular flexibility index (Phi) is 6.18. The maximum absolute atomic E-state index is 10.1. The summed E-state index contributed by atoms with van der Waals surface area (Å²) < 4.78 is 33.2. The number of aliphatic hydroxyl groups is 1. The van der Waals surface area contributed by atoms with Crippen molar-refractivity contribution in [2.24, 2.45) is 5.41 Å². The van der Waals surface area contributed by atoms with Crippen LogP contribution in [0.4, 0.5) is 0 Å². The average molecular weight is 320 g/mol. The molecule has 7 nitrogen and oxygen atoms in total. The molecule has 22 heavy (non-hydrogen) atoms. The zero-order valence-electron chi connectivity index (χ0n) is 14.0. The number of hydrogen-bond donors (Lipinski definition) is 1. The van der Waals surface area contributed by atoms with Gasteiger partial charge in [0.15, 0.2) is 13.1 Å². The number of aliphatic hydroxyl groups excluding tert-OH is 1. The Morgan fingerprint density at radius 2 is 1.91 bits per heavy atom. The molecule has 7 heteroatoms. The molecule has 0 spiro atoms. The molecule has 0 saturated carbocycles. The maximum Gasteiger partial charge on any atom is 0.186 e. The fourth-order valence-electron chi connectivity index (χ4n) is 3.37. The van der Waals surface area contributed by atoms with Crippen molar-refractivity contribution in [3.63, 3.8) is 0 Å². The van der Waals surface area contributed by atoms with Crippen LogP contribution in [0.2, 0.25) is 0 Å². The van der Waals surface area contributed by atoms with E-state index in [4.69, 9.17) is 28.4 Å². The highest BCUT2D eigenvalue weighted by atomic mass is 16.8. The maximum atomic E-state index is 10.1. The fraction of sp³-hybridized carbons (Fsp3) is 1.00. The lowest BCUT2D eigenvalue weighted by Crippen LogP contribution is -2.65. The molecular formula is C15H28O7. The summed E-state index contributed by atoms with van der Waals surface area (Å²) in [6, 6.07) is 0. The van der Waals surface area contributed by atoms with E-state index in [0.29, 0.717) is 13.0 Å². The fourth-order valence-corrected chi connectivity index (χ4v) is 3.37. The summed E-state index contributed by atoms with van der Waals surface area (Å²) in [4.78, 5) is 0. The molecule has 2 aliphatic heterocycles. The van der Waals surface area contributed by atoms with Gasteiger partial charge in [-0.05, 0) is 0 Å². The molecule has 1 unspecified atom stereocenters. The molecule has 2 rings (SSSR count). The van der Waals surface area contributed by atoms with Crippen molar-refractivity contribution in [1.29, 1.82) is 0 Å². The third kappa shape index (κ3) is 3.46. The van der Waals surface area contributed by atoms with Gasteiger partial charge in [-0.15, -0.1) is 0 Å². The summed E-state index contributed by atoms with van der Waals surface area (Å²) in [5.74, 6) is 0. The molecule has 1 N–H and O–H groups in total. The van der Waals surface area contributed by atoms with Gasteiger partial charge in [-0.1, -0.05) is 13.8 Å². The van der Waals surface area contributed by atoms with Gasteiger partial charge in [-0.2, -0.15) is 0 Å². The molecule has 0 amide bonds. The van der Waals surface area contributed by atoms with E-state index in [2.05, 4.69) is 13.8 Å². The minimum atomic E-state index is -1.02. The van der Waals surface area contributed by atoms with Crippen molar-refractivity contribution in [2.45, 2.75) is 57.1 Å². The molecule has 2 heterocycles. The monoisotopic (exact) mass is 320 g/mol. The lowest BCUT2D eigenvalue weighted by atomic mass is 9.72. The van der Waals surface area contributed by atoms with Gasteiger partial charge in [0.25, 0.3) is 0 Å². The SMILES string of the molecule is COC[C@@H](C[C@H]1O[C@@H]2C(O)OCO[C@@H]2[C@@H](OC)C1(C)C)OC. The minimum absolute atomic E-state index is 0.0384. The van der Waals surface area contributed by atoms with Crippen LogP contribution >= 0.6 is 0 Å². The second kappa shape index (κ2) is 7.53. The van der Waals surface area contributed by atoms with Gasteiger partial charge in [0, 0.05) is 33.2 Å². The van der Waals surface area contributed by atoms with E-state index in [1.807, 2.05) is 0 Å². The summed E-state index contributed by atoms with van der Waals surface area (Å²) in [6.45, 7) is 4.67. The van der Waals surface area contributed by atoms with Crippen molar-refractivity contribution in [1.82, 2.24) is 0 Å². The van der Waals surface area contributed by atoms with E-state index in [1.165, 1.54) is 0 Å². The molecule has 2 saturated heterocycles. The number of methoxy groups -OCH3 is 3. The molecule has 0 aliphatic carbocycles. The Hall–Kier alpha value is -0.280. The van der Waals surface area contributed by atoms with Crippen LogP contribution < -0.4 is 0 Å². The number of rotatable bonds is 6. The molecule has 0 radical (unpaired) electrons. The molecule has 0 aromatic carbocycles. The second-order valence-corrected chi connectivity index (χ2v) is 6.42. The van der Waals surface area contributed by atoms with Crippen LogP contribution in [0, 0.1) is 5.41 Å². The first-order valence-corrected chi connectivity index (χ1v) is 7.57. The third-order valence-electron chi connectivity index (χ3n) is 4.70. The number of ether oxygens (including phenoxy) is 6. The Labute approximate surface area is 131 Å². The van der Waals surface area contributed by atoms with E-state index >= 15 is 0 Å². The van der Waals surface area contributed by atoms with Crippen LogP contribution in [0.15, 0.2) is 0 Å². The third-order valence-corrected chi connectivity index (χ3v) is 4.70. The van der Waals surface area contributed by atoms with E-state index < -0.39 is 12.4 Å². The summed E-state index contributed by atoms with van der Waals surface area (Å²) >= 11 is 0. The highest BCUT2D eigenvalue weighted by molar-refractivity contribution is 5.01. The summed E-state index contributed by atoms with van der Waals surface area (Å²) in [5.41, 5.74) is -0.308. The van der Waals surface area contributed by atoms with Crippen molar-refractivity contribution in [3.05, 3.63) is 0 Å². The first kappa shape index (κ1) is 18.1. The molecule has 2 aliphatic rings. The van der Waals surface area contributed by atoms with Crippen LogP contribution in [-0.2, 0) is 28.4 Å². The zero-order chi connectivity index (χ0) is 16.3. The Morgan fingerprint density at radius 3 is 2.50 bits per heavy atom. The van der Waals surface area contributed by atoms with Crippen LogP contribution in [0.5, 0.6) is 0 Å². The first-order chi connectivity index (χ1) is 10.5. The molecular weight excluding hydrogens is 292 g/mol. The number of hydrogen-bond acceptors (Lipinski definition) is 7. The Balaban J connectivity index is 2.18. The highest BCUT2D eigenvalue weighted by Crippen LogP contribution is 2.43. The lowest BCUT2D eigenvalue weighted by molar-refractivity contribution is -0.362. The second-order valence-electron chi connectivity index (χ2n) is 6.42. The van der Waals surface area contributed by atoms with Gasteiger partial charge >= 0.3 is 0 Å². The molecule has 0 aromatic heterocycles. The van der Waals surface area contributed by atoms with Crippen molar-refractivity contribution in [3.8, 4) is 0 Å². The number of fused-ring (bicyclic) bond motifs is 1. The Morgan fingerprint density at radius 1 is 1.18 bits per heavy atom. The van der Waals surface area contributed by atoms with Crippen LogP contribution in [0.1, 0.15) is 20.3 Å². The van der Waals surface area contributed by atoms with E-state index in [0.717, 1.165) is 0 Å². The smallest absolute Gasteiger partial charge is 0.186 e. The Bertz CT molecular complexity index is 349. The first-order valence-electron chi connectivity index (χ1n) is 7.57. The average Bonchev–Trinajstić information content (AvgIpc) is 2.48. The van der Waals surface area contributed by atoms with Gasteiger partial charge in [0.1, 0.15) is 12.2 Å². The van der Waals surface area contributed by atoms with Crippen LogP contribution in [-0.4, -0.2) is 76.6 Å². The molecule has 6 atom stereocenters. The van der Waals surface area contributed by atoms with Gasteiger partial charge in [0.2, 0.25) is 0 Å².